The molecule has 1 amide bonds. The number of pyridine rings is 1. The summed E-state index contributed by atoms with van der Waals surface area (Å²) < 4.78 is 0.297. The van der Waals surface area contributed by atoms with Crippen molar-refractivity contribution in [2.75, 3.05) is 24.7 Å². The van der Waals surface area contributed by atoms with Crippen LogP contribution in [0.5, 0.6) is 0 Å². The van der Waals surface area contributed by atoms with Crippen molar-refractivity contribution in [2.24, 2.45) is 0 Å². The summed E-state index contributed by atoms with van der Waals surface area (Å²) in [5.41, 5.74) is 0.624. The standard InChI is InChI=1S/C14H21N3OS/c1-3-8-15-12-5-4-11(9-16-12)13(18)17-10-14(19-2)6-7-14/h4-5,9H,3,6-8,10H2,1-2H3,(H,15,16)(H,17,18). The van der Waals surface area contributed by atoms with E-state index in [2.05, 4.69) is 28.8 Å². The van der Waals surface area contributed by atoms with E-state index in [0.717, 1.165) is 25.3 Å². The fourth-order valence-corrected chi connectivity index (χ4v) is 2.55. The average molecular weight is 279 g/mol. The summed E-state index contributed by atoms with van der Waals surface area (Å²) in [6.45, 7) is 3.76. The van der Waals surface area contributed by atoms with Crippen LogP contribution in [0.15, 0.2) is 18.3 Å². The summed E-state index contributed by atoms with van der Waals surface area (Å²) >= 11 is 1.85. The molecule has 0 saturated heterocycles. The summed E-state index contributed by atoms with van der Waals surface area (Å²) in [5, 5.41) is 6.18. The van der Waals surface area contributed by atoms with E-state index < -0.39 is 0 Å². The maximum absolute atomic E-state index is 12.0. The molecule has 0 atom stereocenters. The second-order valence-corrected chi connectivity index (χ2v) is 6.20. The van der Waals surface area contributed by atoms with Crippen LogP contribution in [0.1, 0.15) is 36.5 Å². The van der Waals surface area contributed by atoms with Gasteiger partial charge in [0.25, 0.3) is 5.91 Å². The van der Waals surface area contributed by atoms with E-state index in [1.165, 1.54) is 12.8 Å². The first-order valence-electron chi connectivity index (χ1n) is 6.72. The number of hydrogen-bond donors (Lipinski definition) is 2. The van der Waals surface area contributed by atoms with E-state index in [4.69, 9.17) is 0 Å². The number of amides is 1. The third-order valence-electron chi connectivity index (χ3n) is 3.39. The van der Waals surface area contributed by atoms with Gasteiger partial charge in [-0.1, -0.05) is 6.92 Å². The molecule has 4 nitrogen and oxygen atoms in total. The van der Waals surface area contributed by atoms with Gasteiger partial charge in [0.05, 0.1) is 5.56 Å². The molecule has 0 unspecified atom stereocenters. The van der Waals surface area contributed by atoms with Gasteiger partial charge in [-0.2, -0.15) is 11.8 Å². The molecular weight excluding hydrogens is 258 g/mol. The van der Waals surface area contributed by atoms with Crippen molar-refractivity contribution in [1.29, 1.82) is 0 Å². The van der Waals surface area contributed by atoms with E-state index in [1.807, 2.05) is 23.9 Å². The van der Waals surface area contributed by atoms with Crippen molar-refractivity contribution < 1.29 is 4.79 Å². The molecule has 1 heterocycles. The number of anilines is 1. The highest BCUT2D eigenvalue weighted by Gasteiger charge is 2.41. The fraction of sp³-hybridized carbons (Fsp3) is 0.571. The first kappa shape index (κ1) is 14.2. The van der Waals surface area contributed by atoms with Crippen LogP contribution in [0, 0.1) is 0 Å². The van der Waals surface area contributed by atoms with Crippen molar-refractivity contribution in [1.82, 2.24) is 10.3 Å². The second kappa shape index (κ2) is 6.28. The third-order valence-corrected chi connectivity index (χ3v) is 4.81. The Morgan fingerprint density at radius 1 is 1.47 bits per heavy atom. The van der Waals surface area contributed by atoms with Gasteiger partial charge in [-0.3, -0.25) is 4.79 Å². The molecule has 1 aliphatic carbocycles. The van der Waals surface area contributed by atoms with Gasteiger partial charge in [-0.05, 0) is 37.7 Å². The van der Waals surface area contributed by atoms with Crippen LogP contribution in [-0.2, 0) is 0 Å². The minimum atomic E-state index is -0.0325. The van der Waals surface area contributed by atoms with Crippen LogP contribution in [0.2, 0.25) is 0 Å². The lowest BCUT2D eigenvalue weighted by Crippen LogP contribution is -2.31. The topological polar surface area (TPSA) is 54.0 Å². The van der Waals surface area contributed by atoms with E-state index in [9.17, 15) is 4.79 Å². The number of nitrogens with zero attached hydrogens (tertiary/aromatic N) is 1. The van der Waals surface area contributed by atoms with Gasteiger partial charge in [0.2, 0.25) is 0 Å². The molecule has 2 N–H and O–H groups in total. The molecule has 5 heteroatoms. The molecule has 1 aliphatic rings. The van der Waals surface area contributed by atoms with E-state index >= 15 is 0 Å². The highest BCUT2D eigenvalue weighted by molar-refractivity contribution is 8.00. The van der Waals surface area contributed by atoms with Gasteiger partial charge < -0.3 is 10.6 Å². The second-order valence-electron chi connectivity index (χ2n) is 4.93. The van der Waals surface area contributed by atoms with Crippen molar-refractivity contribution in [2.45, 2.75) is 30.9 Å². The number of rotatable bonds is 7. The maximum atomic E-state index is 12.0. The van der Waals surface area contributed by atoms with Gasteiger partial charge in [0, 0.05) is 24.0 Å². The zero-order valence-corrected chi connectivity index (χ0v) is 12.3. The lowest BCUT2D eigenvalue weighted by atomic mass is 10.2. The number of nitrogens with one attached hydrogen (secondary N) is 2. The van der Waals surface area contributed by atoms with Crippen LogP contribution in [-0.4, -0.2) is 35.0 Å². The van der Waals surface area contributed by atoms with E-state index in [0.29, 0.717) is 10.3 Å². The van der Waals surface area contributed by atoms with Gasteiger partial charge in [-0.15, -0.1) is 0 Å². The quantitative estimate of drug-likeness (QED) is 0.805. The summed E-state index contributed by atoms with van der Waals surface area (Å²) in [7, 11) is 0. The summed E-state index contributed by atoms with van der Waals surface area (Å²) in [4.78, 5) is 16.2. The number of carbonyl (C=O) groups excluding carboxylic acids is 1. The Kier molecular flexibility index (Phi) is 4.69. The molecule has 0 bridgehead atoms. The highest BCUT2D eigenvalue weighted by atomic mass is 32.2. The smallest absolute Gasteiger partial charge is 0.252 e. The number of hydrogen-bond acceptors (Lipinski definition) is 4. The van der Waals surface area contributed by atoms with Gasteiger partial charge >= 0.3 is 0 Å². The molecule has 104 valence electrons. The Hall–Kier alpha value is -1.23. The van der Waals surface area contributed by atoms with Crippen LogP contribution in [0.4, 0.5) is 5.82 Å². The Balaban J connectivity index is 1.85. The summed E-state index contributed by atoms with van der Waals surface area (Å²) in [6, 6.07) is 3.67. The predicted molar refractivity (Wildman–Crippen MR) is 80.8 cm³/mol. The van der Waals surface area contributed by atoms with E-state index in [-0.39, 0.29) is 5.91 Å². The molecule has 2 rings (SSSR count). The van der Waals surface area contributed by atoms with E-state index in [1.54, 1.807) is 6.20 Å². The lowest BCUT2D eigenvalue weighted by Gasteiger charge is -2.13. The Labute approximate surface area is 118 Å². The van der Waals surface area contributed by atoms with Crippen LogP contribution in [0.25, 0.3) is 0 Å². The predicted octanol–water partition coefficient (Wildman–Crippen LogP) is 2.53. The zero-order valence-electron chi connectivity index (χ0n) is 11.5. The van der Waals surface area contributed by atoms with Crippen molar-refractivity contribution in [3.05, 3.63) is 23.9 Å². The maximum Gasteiger partial charge on any atom is 0.252 e. The molecule has 0 aromatic carbocycles. The largest absolute Gasteiger partial charge is 0.370 e. The fourth-order valence-electron chi connectivity index (χ4n) is 1.82. The number of aromatic nitrogens is 1. The van der Waals surface area contributed by atoms with Crippen molar-refractivity contribution in [3.63, 3.8) is 0 Å². The molecule has 0 aliphatic heterocycles. The molecule has 1 saturated carbocycles. The third kappa shape index (κ3) is 3.86. The van der Waals surface area contributed by atoms with Crippen LogP contribution < -0.4 is 10.6 Å². The zero-order chi connectivity index (χ0) is 13.7. The molecule has 1 aromatic heterocycles. The van der Waals surface area contributed by atoms with Gasteiger partial charge in [0.15, 0.2) is 0 Å². The van der Waals surface area contributed by atoms with Gasteiger partial charge in [0.1, 0.15) is 5.82 Å². The van der Waals surface area contributed by atoms with Crippen molar-refractivity contribution in [3.8, 4) is 0 Å². The minimum Gasteiger partial charge on any atom is -0.370 e. The molecule has 0 radical (unpaired) electrons. The summed E-state index contributed by atoms with van der Waals surface area (Å²) in [6.07, 6.45) is 7.20. The number of carbonyl (C=O) groups is 1. The highest BCUT2D eigenvalue weighted by Crippen LogP contribution is 2.46. The SMILES string of the molecule is CCCNc1ccc(C(=O)NCC2(SC)CC2)cn1. The minimum absolute atomic E-state index is 0.0325. The first-order chi connectivity index (χ1) is 9.19. The lowest BCUT2D eigenvalue weighted by molar-refractivity contribution is 0.0952. The Bertz CT molecular complexity index is 429. The average Bonchev–Trinajstić information content (AvgIpc) is 3.24. The Morgan fingerprint density at radius 2 is 2.26 bits per heavy atom. The van der Waals surface area contributed by atoms with Crippen molar-refractivity contribution >= 4 is 23.5 Å². The monoisotopic (exact) mass is 279 g/mol. The first-order valence-corrected chi connectivity index (χ1v) is 7.95. The Morgan fingerprint density at radius 3 is 2.79 bits per heavy atom. The molecule has 1 aromatic rings. The molecular formula is C14H21N3OS. The van der Waals surface area contributed by atoms with Crippen LogP contribution >= 0.6 is 11.8 Å². The molecule has 19 heavy (non-hydrogen) atoms. The van der Waals surface area contributed by atoms with Crippen LogP contribution in [0.3, 0.4) is 0 Å². The molecule has 0 spiro atoms. The summed E-state index contributed by atoms with van der Waals surface area (Å²) in [5.74, 6) is 0.788. The normalized spacial score (nSPS) is 15.9. The van der Waals surface area contributed by atoms with Gasteiger partial charge in [-0.25, -0.2) is 4.98 Å². The molecule has 1 fully saturated rings. The number of thioether (sulfide) groups is 1.